The number of amides is 2. The van der Waals surface area contributed by atoms with Gasteiger partial charge in [-0.1, -0.05) is 6.07 Å². The summed E-state index contributed by atoms with van der Waals surface area (Å²) in [5.74, 6) is 0.698. The minimum Gasteiger partial charge on any atom is -0.493 e. The molecule has 1 fully saturated rings. The van der Waals surface area contributed by atoms with Crippen LogP contribution in [0.15, 0.2) is 23.9 Å². The summed E-state index contributed by atoms with van der Waals surface area (Å²) in [6.45, 7) is 4.29. The Bertz CT molecular complexity index is 664. The summed E-state index contributed by atoms with van der Waals surface area (Å²) in [6.07, 6.45) is 1.66. The average molecular weight is 347 g/mol. The fraction of sp³-hybridized carbons (Fsp3) is 0.444. The molecule has 2 amide bonds. The standard InChI is InChI=1S/C18H25N3O4/c1-13(22)19-15(18(23)21-9-7-20(2)8-10-21)11-14-5-6-16(24-3)17(12-14)25-4/h5-6,11-12H,7-10H2,1-4H3,(H,19,22)/b15-11-. The molecule has 136 valence electrons. The lowest BCUT2D eigenvalue weighted by Gasteiger charge is -2.32. The monoisotopic (exact) mass is 347 g/mol. The van der Waals surface area contributed by atoms with Crippen LogP contribution in [0.2, 0.25) is 0 Å². The van der Waals surface area contributed by atoms with E-state index >= 15 is 0 Å². The number of nitrogens with one attached hydrogen (secondary N) is 1. The molecule has 1 aliphatic rings. The van der Waals surface area contributed by atoms with Crippen LogP contribution < -0.4 is 14.8 Å². The Morgan fingerprint density at radius 3 is 2.28 bits per heavy atom. The number of piperazine rings is 1. The maximum absolute atomic E-state index is 12.8. The Balaban J connectivity index is 2.28. The summed E-state index contributed by atoms with van der Waals surface area (Å²) in [4.78, 5) is 28.2. The molecule has 0 atom stereocenters. The van der Waals surface area contributed by atoms with Crippen molar-refractivity contribution in [3.05, 3.63) is 29.5 Å². The molecule has 0 bridgehead atoms. The summed E-state index contributed by atoms with van der Waals surface area (Å²) < 4.78 is 10.5. The maximum Gasteiger partial charge on any atom is 0.270 e. The highest BCUT2D eigenvalue weighted by atomic mass is 16.5. The van der Waals surface area contributed by atoms with Crippen molar-refractivity contribution in [3.8, 4) is 11.5 Å². The maximum atomic E-state index is 12.8. The van der Waals surface area contributed by atoms with Gasteiger partial charge < -0.3 is 24.6 Å². The van der Waals surface area contributed by atoms with Crippen LogP contribution in [0.1, 0.15) is 12.5 Å². The number of nitrogens with zero attached hydrogens (tertiary/aromatic N) is 2. The Labute approximate surface area is 148 Å². The third kappa shape index (κ3) is 4.96. The molecule has 1 aromatic rings. The molecule has 0 spiro atoms. The first-order valence-corrected chi connectivity index (χ1v) is 8.13. The first-order valence-electron chi connectivity index (χ1n) is 8.13. The van der Waals surface area contributed by atoms with E-state index in [1.165, 1.54) is 6.92 Å². The van der Waals surface area contributed by atoms with Gasteiger partial charge in [0, 0.05) is 33.1 Å². The normalized spacial score (nSPS) is 15.7. The highest BCUT2D eigenvalue weighted by Gasteiger charge is 2.23. The highest BCUT2D eigenvalue weighted by molar-refractivity contribution is 6.01. The van der Waals surface area contributed by atoms with Crippen LogP contribution in [-0.2, 0) is 9.59 Å². The molecule has 0 unspecified atom stereocenters. The first kappa shape index (κ1) is 18.8. The Hall–Kier alpha value is -2.54. The molecule has 1 heterocycles. The lowest BCUT2D eigenvalue weighted by molar-refractivity contribution is -0.130. The number of benzene rings is 1. The molecule has 1 aromatic carbocycles. The molecule has 0 radical (unpaired) electrons. The van der Waals surface area contributed by atoms with Crippen molar-refractivity contribution in [1.82, 2.24) is 15.1 Å². The van der Waals surface area contributed by atoms with Crippen LogP contribution in [0.3, 0.4) is 0 Å². The summed E-state index contributed by atoms with van der Waals surface area (Å²) in [6, 6.07) is 5.33. The molecule has 0 saturated carbocycles. The van der Waals surface area contributed by atoms with Gasteiger partial charge >= 0.3 is 0 Å². The topological polar surface area (TPSA) is 71.1 Å². The lowest BCUT2D eigenvalue weighted by atomic mass is 10.1. The van der Waals surface area contributed by atoms with Crippen molar-refractivity contribution in [2.45, 2.75) is 6.92 Å². The molecule has 0 aliphatic carbocycles. The van der Waals surface area contributed by atoms with Crippen LogP contribution in [0.4, 0.5) is 0 Å². The fourth-order valence-corrected chi connectivity index (χ4v) is 2.63. The predicted octanol–water partition coefficient (Wildman–Crippen LogP) is 0.955. The number of rotatable bonds is 5. The molecule has 25 heavy (non-hydrogen) atoms. The number of carbonyl (C=O) groups excluding carboxylic acids is 2. The molecule has 0 aromatic heterocycles. The van der Waals surface area contributed by atoms with Gasteiger partial charge in [0.15, 0.2) is 11.5 Å². The summed E-state index contributed by atoms with van der Waals surface area (Å²) in [5, 5.41) is 2.65. The van der Waals surface area contributed by atoms with Crippen molar-refractivity contribution in [1.29, 1.82) is 0 Å². The molecule has 7 heteroatoms. The SMILES string of the molecule is COc1ccc(/C=C(\NC(C)=O)C(=O)N2CCN(C)CC2)cc1OC. The van der Waals surface area contributed by atoms with E-state index in [2.05, 4.69) is 10.2 Å². The van der Waals surface area contributed by atoms with Crippen LogP contribution >= 0.6 is 0 Å². The van der Waals surface area contributed by atoms with Crippen LogP contribution in [-0.4, -0.2) is 69.1 Å². The number of hydrogen-bond donors (Lipinski definition) is 1. The number of hydrogen-bond acceptors (Lipinski definition) is 5. The second-order valence-corrected chi connectivity index (χ2v) is 5.95. The van der Waals surface area contributed by atoms with E-state index in [1.54, 1.807) is 43.4 Å². The molecule has 1 saturated heterocycles. The van der Waals surface area contributed by atoms with Gasteiger partial charge in [0.1, 0.15) is 5.70 Å². The van der Waals surface area contributed by atoms with E-state index in [4.69, 9.17) is 9.47 Å². The van der Waals surface area contributed by atoms with Crippen molar-refractivity contribution >= 4 is 17.9 Å². The largest absolute Gasteiger partial charge is 0.493 e. The second kappa shape index (κ2) is 8.53. The summed E-state index contributed by atoms with van der Waals surface area (Å²) >= 11 is 0. The summed E-state index contributed by atoms with van der Waals surface area (Å²) in [5.41, 5.74) is 0.994. The van der Waals surface area contributed by atoms with Gasteiger partial charge in [-0.25, -0.2) is 0 Å². The predicted molar refractivity (Wildman–Crippen MR) is 95.4 cm³/mol. The van der Waals surface area contributed by atoms with Gasteiger partial charge in [0.2, 0.25) is 5.91 Å². The van der Waals surface area contributed by atoms with Gasteiger partial charge in [-0.05, 0) is 30.8 Å². The number of likely N-dealkylation sites (N-methyl/N-ethyl adjacent to an activating group) is 1. The first-order chi connectivity index (χ1) is 11.9. The van der Waals surface area contributed by atoms with E-state index in [-0.39, 0.29) is 17.5 Å². The molecular weight excluding hydrogens is 322 g/mol. The van der Waals surface area contributed by atoms with Crippen molar-refractivity contribution in [2.75, 3.05) is 47.4 Å². The van der Waals surface area contributed by atoms with Gasteiger partial charge in [-0.3, -0.25) is 9.59 Å². The Morgan fingerprint density at radius 2 is 1.72 bits per heavy atom. The fourth-order valence-electron chi connectivity index (χ4n) is 2.63. The van der Waals surface area contributed by atoms with E-state index < -0.39 is 0 Å². The van der Waals surface area contributed by atoms with Crippen LogP contribution in [0.5, 0.6) is 11.5 Å². The van der Waals surface area contributed by atoms with E-state index in [0.29, 0.717) is 24.6 Å². The zero-order valence-corrected chi connectivity index (χ0v) is 15.2. The lowest BCUT2D eigenvalue weighted by Crippen LogP contribution is -2.49. The molecule has 7 nitrogen and oxygen atoms in total. The third-order valence-electron chi connectivity index (χ3n) is 4.05. The summed E-state index contributed by atoms with van der Waals surface area (Å²) in [7, 11) is 5.14. The minimum atomic E-state index is -0.283. The molecule has 1 N–H and O–H groups in total. The second-order valence-electron chi connectivity index (χ2n) is 5.95. The Morgan fingerprint density at radius 1 is 1.08 bits per heavy atom. The number of methoxy groups -OCH3 is 2. The zero-order chi connectivity index (χ0) is 18.4. The molecular formula is C18H25N3O4. The zero-order valence-electron chi connectivity index (χ0n) is 15.2. The van der Waals surface area contributed by atoms with E-state index in [9.17, 15) is 9.59 Å². The van der Waals surface area contributed by atoms with Gasteiger partial charge in [-0.15, -0.1) is 0 Å². The van der Waals surface area contributed by atoms with Gasteiger partial charge in [0.25, 0.3) is 5.91 Å². The van der Waals surface area contributed by atoms with Gasteiger partial charge in [-0.2, -0.15) is 0 Å². The van der Waals surface area contributed by atoms with Crippen LogP contribution in [0, 0.1) is 0 Å². The smallest absolute Gasteiger partial charge is 0.270 e. The van der Waals surface area contributed by atoms with Crippen molar-refractivity contribution in [2.24, 2.45) is 0 Å². The third-order valence-corrected chi connectivity index (χ3v) is 4.05. The molecule has 2 rings (SSSR count). The van der Waals surface area contributed by atoms with E-state index in [0.717, 1.165) is 18.7 Å². The highest BCUT2D eigenvalue weighted by Crippen LogP contribution is 2.28. The van der Waals surface area contributed by atoms with Crippen molar-refractivity contribution in [3.63, 3.8) is 0 Å². The van der Waals surface area contributed by atoms with Crippen molar-refractivity contribution < 1.29 is 19.1 Å². The number of carbonyl (C=O) groups is 2. The quantitative estimate of drug-likeness (QED) is 0.803. The average Bonchev–Trinajstić information content (AvgIpc) is 2.60. The molecule has 1 aliphatic heterocycles. The van der Waals surface area contributed by atoms with Gasteiger partial charge in [0.05, 0.1) is 14.2 Å². The number of ether oxygens (including phenoxy) is 2. The minimum absolute atomic E-state index is 0.182. The van der Waals surface area contributed by atoms with Crippen LogP contribution in [0.25, 0.3) is 6.08 Å². The van der Waals surface area contributed by atoms with E-state index in [1.807, 2.05) is 7.05 Å². The Kier molecular flexibility index (Phi) is 6.41.